The monoisotopic (exact) mass is 348 g/mol. The lowest BCUT2D eigenvalue weighted by Crippen LogP contribution is -2.23. The van der Waals surface area contributed by atoms with E-state index in [0.717, 1.165) is 38.5 Å². The normalized spacial score (nSPS) is 30.5. The van der Waals surface area contributed by atoms with E-state index in [2.05, 4.69) is 6.92 Å². The van der Waals surface area contributed by atoms with Gasteiger partial charge in [0, 0.05) is 5.38 Å². The SMILES string of the molecule is CCCCCCC1C(Cl)CC(O)C1CCC(O)CCCC(C)O. The molecule has 4 heteroatoms. The quantitative estimate of drug-likeness (QED) is 0.365. The summed E-state index contributed by atoms with van der Waals surface area (Å²) < 4.78 is 0. The van der Waals surface area contributed by atoms with Gasteiger partial charge in [-0.2, -0.15) is 0 Å². The predicted octanol–water partition coefficient (Wildman–Crippen LogP) is 4.25. The van der Waals surface area contributed by atoms with Crippen LogP contribution in [-0.2, 0) is 0 Å². The predicted molar refractivity (Wildman–Crippen MR) is 96.8 cm³/mol. The van der Waals surface area contributed by atoms with Gasteiger partial charge in [-0.25, -0.2) is 0 Å². The molecule has 23 heavy (non-hydrogen) atoms. The Morgan fingerprint density at radius 3 is 2.35 bits per heavy atom. The fourth-order valence-electron chi connectivity index (χ4n) is 3.92. The zero-order valence-electron chi connectivity index (χ0n) is 15.0. The van der Waals surface area contributed by atoms with Crippen LogP contribution in [0.15, 0.2) is 0 Å². The molecule has 0 bridgehead atoms. The fourth-order valence-corrected chi connectivity index (χ4v) is 4.42. The molecule has 6 atom stereocenters. The van der Waals surface area contributed by atoms with Gasteiger partial charge >= 0.3 is 0 Å². The van der Waals surface area contributed by atoms with Gasteiger partial charge in [-0.3, -0.25) is 0 Å². The number of hydrogen-bond acceptors (Lipinski definition) is 3. The summed E-state index contributed by atoms with van der Waals surface area (Å²) in [5, 5.41) is 29.8. The first-order valence-electron chi connectivity index (χ1n) is 9.64. The van der Waals surface area contributed by atoms with E-state index in [-0.39, 0.29) is 29.6 Å². The van der Waals surface area contributed by atoms with Crippen LogP contribution >= 0.6 is 11.6 Å². The Kier molecular flexibility index (Phi) is 10.8. The van der Waals surface area contributed by atoms with E-state index in [1.165, 1.54) is 25.7 Å². The third-order valence-corrected chi connectivity index (χ3v) is 5.86. The Morgan fingerprint density at radius 1 is 0.957 bits per heavy atom. The highest BCUT2D eigenvalue weighted by atomic mass is 35.5. The van der Waals surface area contributed by atoms with Crippen LogP contribution in [-0.4, -0.2) is 39.0 Å². The molecule has 0 heterocycles. The van der Waals surface area contributed by atoms with Crippen LogP contribution in [0.5, 0.6) is 0 Å². The van der Waals surface area contributed by atoms with Gasteiger partial charge < -0.3 is 15.3 Å². The highest BCUT2D eigenvalue weighted by molar-refractivity contribution is 6.21. The summed E-state index contributed by atoms with van der Waals surface area (Å²) in [7, 11) is 0. The van der Waals surface area contributed by atoms with E-state index >= 15 is 0 Å². The Morgan fingerprint density at radius 2 is 1.70 bits per heavy atom. The molecule has 6 unspecified atom stereocenters. The lowest BCUT2D eigenvalue weighted by atomic mass is 9.85. The van der Waals surface area contributed by atoms with E-state index in [1.54, 1.807) is 6.92 Å². The fraction of sp³-hybridized carbons (Fsp3) is 1.00. The van der Waals surface area contributed by atoms with Gasteiger partial charge in [-0.15, -0.1) is 11.6 Å². The van der Waals surface area contributed by atoms with Crippen LogP contribution in [0.3, 0.4) is 0 Å². The smallest absolute Gasteiger partial charge is 0.0585 e. The number of aliphatic hydroxyl groups is 3. The third kappa shape index (κ3) is 8.20. The second kappa shape index (κ2) is 11.7. The van der Waals surface area contributed by atoms with E-state index in [9.17, 15) is 15.3 Å². The molecule has 0 amide bonds. The molecule has 1 rings (SSSR count). The minimum Gasteiger partial charge on any atom is -0.393 e. The summed E-state index contributed by atoms with van der Waals surface area (Å²) in [6, 6.07) is 0. The molecular weight excluding hydrogens is 312 g/mol. The van der Waals surface area contributed by atoms with Crippen molar-refractivity contribution in [3.8, 4) is 0 Å². The molecule has 0 radical (unpaired) electrons. The molecule has 138 valence electrons. The van der Waals surface area contributed by atoms with Crippen molar-refractivity contribution in [2.45, 2.75) is 108 Å². The van der Waals surface area contributed by atoms with Crippen molar-refractivity contribution in [2.75, 3.05) is 0 Å². The maximum absolute atomic E-state index is 10.3. The summed E-state index contributed by atoms with van der Waals surface area (Å²) in [4.78, 5) is 0. The van der Waals surface area contributed by atoms with Gasteiger partial charge in [-0.1, -0.05) is 32.6 Å². The molecular formula is C19H37ClO3. The van der Waals surface area contributed by atoms with Crippen molar-refractivity contribution < 1.29 is 15.3 Å². The van der Waals surface area contributed by atoms with Gasteiger partial charge in [0.05, 0.1) is 18.3 Å². The summed E-state index contributed by atoms with van der Waals surface area (Å²) in [5.41, 5.74) is 0. The van der Waals surface area contributed by atoms with Gasteiger partial charge in [0.15, 0.2) is 0 Å². The Bertz CT molecular complexity index is 298. The number of hydrogen-bond donors (Lipinski definition) is 3. The molecule has 0 aliphatic heterocycles. The molecule has 0 aromatic heterocycles. The van der Waals surface area contributed by atoms with Crippen molar-refractivity contribution in [3.05, 3.63) is 0 Å². The molecule has 1 aliphatic rings. The maximum Gasteiger partial charge on any atom is 0.0585 e. The van der Waals surface area contributed by atoms with Crippen molar-refractivity contribution in [3.63, 3.8) is 0 Å². The van der Waals surface area contributed by atoms with Gasteiger partial charge in [-0.05, 0) is 63.7 Å². The second-order valence-corrected chi connectivity index (χ2v) is 8.07. The molecule has 1 aliphatic carbocycles. The number of aliphatic hydroxyl groups excluding tert-OH is 3. The van der Waals surface area contributed by atoms with E-state index in [1.807, 2.05) is 0 Å². The molecule has 0 aromatic carbocycles. The van der Waals surface area contributed by atoms with Gasteiger partial charge in [0.1, 0.15) is 0 Å². The first-order valence-corrected chi connectivity index (χ1v) is 10.1. The number of unbranched alkanes of at least 4 members (excludes halogenated alkanes) is 3. The Balaban J connectivity index is 2.32. The minimum atomic E-state index is -0.323. The minimum absolute atomic E-state index is 0.0870. The summed E-state index contributed by atoms with van der Waals surface area (Å²) in [6.07, 6.45) is 9.76. The van der Waals surface area contributed by atoms with Crippen LogP contribution in [0.2, 0.25) is 0 Å². The Labute approximate surface area is 147 Å². The van der Waals surface area contributed by atoms with Crippen LogP contribution in [0.4, 0.5) is 0 Å². The first kappa shape index (κ1) is 21.2. The standard InChI is InChI=1S/C19H37ClO3/c1-3-4-5-6-10-16-17(19(23)13-18(16)20)12-11-15(22)9-7-8-14(2)21/h14-19,21-23H,3-13H2,1-2H3. The van der Waals surface area contributed by atoms with Crippen molar-refractivity contribution in [2.24, 2.45) is 11.8 Å². The molecule has 0 spiro atoms. The molecule has 1 fully saturated rings. The number of alkyl halides is 1. The number of rotatable bonds is 12. The zero-order valence-corrected chi connectivity index (χ0v) is 15.7. The van der Waals surface area contributed by atoms with E-state index < -0.39 is 0 Å². The van der Waals surface area contributed by atoms with Crippen LogP contribution in [0.1, 0.15) is 84.5 Å². The zero-order chi connectivity index (χ0) is 17.2. The topological polar surface area (TPSA) is 60.7 Å². The molecule has 3 nitrogen and oxygen atoms in total. The van der Waals surface area contributed by atoms with Crippen molar-refractivity contribution in [1.29, 1.82) is 0 Å². The summed E-state index contributed by atoms with van der Waals surface area (Å²) in [6.45, 7) is 4.00. The highest BCUT2D eigenvalue weighted by Gasteiger charge is 2.40. The van der Waals surface area contributed by atoms with Crippen LogP contribution in [0, 0.1) is 11.8 Å². The molecule has 0 saturated heterocycles. The van der Waals surface area contributed by atoms with Gasteiger partial charge in [0.2, 0.25) is 0 Å². The average molecular weight is 349 g/mol. The Hall–Kier alpha value is 0.170. The van der Waals surface area contributed by atoms with Crippen LogP contribution in [0.25, 0.3) is 0 Å². The second-order valence-electron chi connectivity index (χ2n) is 7.51. The largest absolute Gasteiger partial charge is 0.393 e. The first-order chi connectivity index (χ1) is 11.0. The van der Waals surface area contributed by atoms with Gasteiger partial charge in [0.25, 0.3) is 0 Å². The number of halogens is 1. The summed E-state index contributed by atoms with van der Waals surface area (Å²) in [5.74, 6) is 0.638. The molecule has 0 aromatic rings. The lowest BCUT2D eigenvalue weighted by Gasteiger charge is -2.24. The summed E-state index contributed by atoms with van der Waals surface area (Å²) >= 11 is 6.46. The van der Waals surface area contributed by atoms with E-state index in [4.69, 9.17) is 11.6 Å². The molecule has 3 N–H and O–H groups in total. The lowest BCUT2D eigenvalue weighted by molar-refractivity contribution is 0.0839. The van der Waals surface area contributed by atoms with Crippen molar-refractivity contribution >= 4 is 11.6 Å². The maximum atomic E-state index is 10.3. The van der Waals surface area contributed by atoms with Crippen LogP contribution < -0.4 is 0 Å². The molecule has 1 saturated carbocycles. The third-order valence-electron chi connectivity index (χ3n) is 5.36. The van der Waals surface area contributed by atoms with Crippen molar-refractivity contribution in [1.82, 2.24) is 0 Å². The highest BCUT2D eigenvalue weighted by Crippen LogP contribution is 2.42. The average Bonchev–Trinajstić information content (AvgIpc) is 2.75. The van der Waals surface area contributed by atoms with E-state index in [0.29, 0.717) is 12.3 Å².